The van der Waals surface area contributed by atoms with E-state index in [4.69, 9.17) is 9.05 Å². The summed E-state index contributed by atoms with van der Waals surface area (Å²) in [5.41, 5.74) is 0.683. The van der Waals surface area contributed by atoms with Crippen molar-refractivity contribution < 1.29 is 22.6 Å². The highest BCUT2D eigenvalue weighted by Gasteiger charge is 2.24. The Balaban J connectivity index is 1.47. The molecule has 1 N–H and O–H groups in total. The molecule has 0 atom stereocenters. The molecular weight excluding hydrogens is 346 g/mol. The molecule has 2 heterocycles. The summed E-state index contributed by atoms with van der Waals surface area (Å²) in [5, 5.41) is 10.1. The number of nitrogens with one attached hydrogen (secondary N) is 1. The Kier molecular flexibility index (Phi) is 4.19. The topological polar surface area (TPSA) is 94.1 Å². The van der Waals surface area contributed by atoms with Crippen molar-refractivity contribution in [2.24, 2.45) is 0 Å². The van der Waals surface area contributed by atoms with Crippen LogP contribution in [0.3, 0.4) is 0 Å². The molecule has 1 aromatic carbocycles. The number of aromatic nitrogens is 3. The van der Waals surface area contributed by atoms with Gasteiger partial charge in [0, 0.05) is 12.0 Å². The molecule has 3 aromatic rings. The standard InChI is InChI=1S/C17H14F2N4O3/c18-10-5-3-6-11(19)14(10)17-21-13(22-26-17)8-20-16(24)15-9-4-1-2-7-12(9)25-23-15/h3,5-6H,1-2,4,7-8H2,(H,20,24). The molecule has 26 heavy (non-hydrogen) atoms. The van der Waals surface area contributed by atoms with Crippen LogP contribution in [0.25, 0.3) is 11.5 Å². The molecule has 0 spiro atoms. The molecule has 7 nitrogen and oxygen atoms in total. The first kappa shape index (κ1) is 16.4. The second-order valence-electron chi connectivity index (χ2n) is 5.94. The monoisotopic (exact) mass is 360 g/mol. The number of halogens is 2. The minimum absolute atomic E-state index is 0.0694. The highest BCUT2D eigenvalue weighted by atomic mass is 19.1. The Morgan fingerprint density at radius 3 is 2.69 bits per heavy atom. The van der Waals surface area contributed by atoms with E-state index in [9.17, 15) is 13.6 Å². The van der Waals surface area contributed by atoms with E-state index >= 15 is 0 Å². The number of carbonyl (C=O) groups is 1. The number of fused-ring (bicyclic) bond motifs is 1. The van der Waals surface area contributed by atoms with Gasteiger partial charge >= 0.3 is 0 Å². The second kappa shape index (κ2) is 6.66. The first-order valence-corrected chi connectivity index (χ1v) is 8.16. The normalized spacial score (nSPS) is 13.5. The number of hydrogen-bond donors (Lipinski definition) is 1. The quantitative estimate of drug-likeness (QED) is 0.769. The molecule has 0 fully saturated rings. The summed E-state index contributed by atoms with van der Waals surface area (Å²) < 4.78 is 37.6. The first-order valence-electron chi connectivity index (χ1n) is 8.16. The highest BCUT2D eigenvalue weighted by Crippen LogP contribution is 2.25. The van der Waals surface area contributed by atoms with Gasteiger partial charge in [0.1, 0.15) is 23.0 Å². The first-order chi connectivity index (χ1) is 12.6. The SMILES string of the molecule is O=C(NCc1noc(-c2c(F)cccc2F)n1)c1noc2c1CCCC2. The van der Waals surface area contributed by atoms with Crippen LogP contribution >= 0.6 is 0 Å². The van der Waals surface area contributed by atoms with E-state index in [-0.39, 0.29) is 24.0 Å². The van der Waals surface area contributed by atoms with Crippen LogP contribution in [0.15, 0.2) is 27.2 Å². The third-order valence-electron chi connectivity index (χ3n) is 4.22. The molecule has 1 amide bonds. The maximum Gasteiger partial charge on any atom is 0.274 e. The van der Waals surface area contributed by atoms with Crippen LogP contribution in [0.2, 0.25) is 0 Å². The van der Waals surface area contributed by atoms with E-state index in [1.807, 2.05) is 0 Å². The zero-order valence-corrected chi connectivity index (χ0v) is 13.6. The van der Waals surface area contributed by atoms with Crippen LogP contribution < -0.4 is 5.32 Å². The van der Waals surface area contributed by atoms with Crippen molar-refractivity contribution in [2.75, 3.05) is 0 Å². The fourth-order valence-electron chi connectivity index (χ4n) is 2.94. The van der Waals surface area contributed by atoms with Gasteiger partial charge in [0.25, 0.3) is 11.8 Å². The Labute approximate surface area is 146 Å². The second-order valence-corrected chi connectivity index (χ2v) is 5.94. The van der Waals surface area contributed by atoms with Crippen LogP contribution in [0, 0.1) is 11.6 Å². The average Bonchev–Trinajstić information content (AvgIpc) is 3.27. The van der Waals surface area contributed by atoms with Crippen LogP contribution in [0.5, 0.6) is 0 Å². The maximum absolute atomic E-state index is 13.7. The van der Waals surface area contributed by atoms with Crippen LogP contribution in [-0.2, 0) is 19.4 Å². The molecule has 134 valence electrons. The van der Waals surface area contributed by atoms with Crippen molar-refractivity contribution in [3.05, 3.63) is 52.7 Å². The number of benzene rings is 1. The molecule has 0 saturated heterocycles. The predicted molar refractivity (Wildman–Crippen MR) is 84.0 cm³/mol. The van der Waals surface area contributed by atoms with E-state index in [0.717, 1.165) is 49.1 Å². The summed E-state index contributed by atoms with van der Waals surface area (Å²) in [5.74, 6) is -1.48. The molecular formula is C17H14F2N4O3. The van der Waals surface area contributed by atoms with Crippen molar-refractivity contribution in [3.8, 4) is 11.5 Å². The van der Waals surface area contributed by atoms with Gasteiger partial charge in [-0.25, -0.2) is 8.78 Å². The summed E-state index contributed by atoms with van der Waals surface area (Å²) in [6.45, 7) is -0.0694. The fraction of sp³-hybridized carbons (Fsp3) is 0.294. The van der Waals surface area contributed by atoms with Gasteiger partial charge in [-0.05, 0) is 31.4 Å². The van der Waals surface area contributed by atoms with E-state index in [2.05, 4.69) is 20.6 Å². The van der Waals surface area contributed by atoms with Crippen LogP contribution in [0.1, 0.15) is 40.5 Å². The summed E-state index contributed by atoms with van der Waals surface area (Å²) in [6.07, 6.45) is 3.52. The molecule has 1 aliphatic rings. The zero-order chi connectivity index (χ0) is 18.1. The van der Waals surface area contributed by atoms with E-state index in [1.54, 1.807) is 0 Å². The molecule has 0 saturated carbocycles. The molecule has 0 aliphatic heterocycles. The number of nitrogens with zero attached hydrogens (tertiary/aromatic N) is 3. The number of hydrogen-bond acceptors (Lipinski definition) is 6. The minimum atomic E-state index is -0.807. The van der Waals surface area contributed by atoms with Gasteiger partial charge < -0.3 is 14.4 Å². The van der Waals surface area contributed by atoms with E-state index in [0.29, 0.717) is 0 Å². The summed E-state index contributed by atoms with van der Waals surface area (Å²) >= 11 is 0. The molecule has 1 aliphatic carbocycles. The van der Waals surface area contributed by atoms with Gasteiger partial charge in [0.05, 0.1) is 6.54 Å². The third-order valence-corrected chi connectivity index (χ3v) is 4.22. The summed E-state index contributed by atoms with van der Waals surface area (Å²) in [4.78, 5) is 16.2. The van der Waals surface area contributed by atoms with Crippen molar-refractivity contribution in [3.63, 3.8) is 0 Å². The summed E-state index contributed by atoms with van der Waals surface area (Å²) in [6, 6.07) is 3.43. The Hall–Kier alpha value is -3.10. The number of rotatable bonds is 4. The molecule has 9 heteroatoms. The van der Waals surface area contributed by atoms with Gasteiger partial charge in [-0.15, -0.1) is 0 Å². The number of carbonyl (C=O) groups excluding carboxylic acids is 1. The lowest BCUT2D eigenvalue weighted by molar-refractivity contribution is 0.0939. The molecule has 0 radical (unpaired) electrons. The van der Waals surface area contributed by atoms with Gasteiger partial charge in [0.15, 0.2) is 11.5 Å². The lowest BCUT2D eigenvalue weighted by atomic mass is 9.96. The van der Waals surface area contributed by atoms with Crippen molar-refractivity contribution >= 4 is 5.91 Å². The molecule has 4 rings (SSSR count). The van der Waals surface area contributed by atoms with Crippen molar-refractivity contribution in [2.45, 2.75) is 32.2 Å². The Morgan fingerprint density at radius 1 is 1.12 bits per heavy atom. The van der Waals surface area contributed by atoms with E-state index in [1.165, 1.54) is 6.07 Å². The average molecular weight is 360 g/mol. The molecule has 0 bridgehead atoms. The largest absolute Gasteiger partial charge is 0.360 e. The van der Waals surface area contributed by atoms with Gasteiger partial charge in [-0.1, -0.05) is 16.4 Å². The van der Waals surface area contributed by atoms with Crippen LogP contribution in [0.4, 0.5) is 8.78 Å². The van der Waals surface area contributed by atoms with Gasteiger partial charge in [-0.2, -0.15) is 4.98 Å². The minimum Gasteiger partial charge on any atom is -0.360 e. The van der Waals surface area contributed by atoms with Gasteiger partial charge in [-0.3, -0.25) is 4.79 Å². The fourth-order valence-corrected chi connectivity index (χ4v) is 2.94. The number of amides is 1. The lowest BCUT2D eigenvalue weighted by Crippen LogP contribution is -2.25. The third kappa shape index (κ3) is 2.96. The zero-order valence-electron chi connectivity index (χ0n) is 13.6. The van der Waals surface area contributed by atoms with Crippen molar-refractivity contribution in [1.82, 2.24) is 20.6 Å². The van der Waals surface area contributed by atoms with E-state index < -0.39 is 23.1 Å². The molecule has 2 aromatic heterocycles. The van der Waals surface area contributed by atoms with Gasteiger partial charge in [0.2, 0.25) is 0 Å². The smallest absolute Gasteiger partial charge is 0.274 e. The lowest BCUT2D eigenvalue weighted by Gasteiger charge is -2.08. The maximum atomic E-state index is 13.7. The summed E-state index contributed by atoms with van der Waals surface area (Å²) in [7, 11) is 0. The Bertz CT molecular complexity index is 947. The Morgan fingerprint density at radius 2 is 1.88 bits per heavy atom. The predicted octanol–water partition coefficient (Wildman–Crippen LogP) is 2.81. The van der Waals surface area contributed by atoms with Crippen molar-refractivity contribution in [1.29, 1.82) is 0 Å². The van der Waals surface area contributed by atoms with Crippen LogP contribution in [-0.4, -0.2) is 21.2 Å². The number of aryl methyl sites for hydroxylation is 1. The molecule has 0 unspecified atom stereocenters. The highest BCUT2D eigenvalue weighted by molar-refractivity contribution is 5.93.